The van der Waals surface area contributed by atoms with Gasteiger partial charge in [-0.25, -0.2) is 4.79 Å². The number of rotatable bonds is 2. The monoisotopic (exact) mass is 380 g/mol. The summed E-state index contributed by atoms with van der Waals surface area (Å²) in [6.45, 7) is 1.97. The molecule has 128 valence electrons. The molecule has 0 bridgehead atoms. The fourth-order valence-corrected chi connectivity index (χ4v) is 3.57. The zero-order valence-corrected chi connectivity index (χ0v) is 15.4. The van der Waals surface area contributed by atoms with Gasteiger partial charge < -0.3 is 4.74 Å². The Balaban J connectivity index is 1.96. The quantitative estimate of drug-likeness (QED) is 0.216. The van der Waals surface area contributed by atoms with Crippen molar-refractivity contribution in [1.29, 1.82) is 0 Å². The maximum atomic E-state index is 12.7. The van der Waals surface area contributed by atoms with Crippen molar-refractivity contribution < 1.29 is 9.53 Å². The summed E-state index contributed by atoms with van der Waals surface area (Å²) in [5, 5.41) is 4.15. The van der Waals surface area contributed by atoms with E-state index in [0.29, 0.717) is 32.1 Å². The summed E-state index contributed by atoms with van der Waals surface area (Å²) in [5.41, 5.74) is 1.54. The molecule has 0 spiro atoms. The van der Waals surface area contributed by atoms with Crippen LogP contribution in [0.1, 0.15) is 15.9 Å². The average molecular weight is 381 g/mol. The fraction of sp³-hybridized carbons (Fsp3) is 0.0455. The molecule has 0 atom stereocenters. The molecular formula is C22H14Cl2O2. The lowest BCUT2D eigenvalue weighted by Gasteiger charge is -2.14. The number of fused-ring (bicyclic) bond motifs is 2. The summed E-state index contributed by atoms with van der Waals surface area (Å²) in [4.78, 5) is 12.7. The van der Waals surface area contributed by atoms with Crippen molar-refractivity contribution in [2.24, 2.45) is 0 Å². The molecule has 0 saturated heterocycles. The molecule has 4 rings (SSSR count). The number of carbonyl (C=O) groups is 1. The van der Waals surface area contributed by atoms with Crippen LogP contribution in [0.4, 0.5) is 0 Å². The Hall–Kier alpha value is -2.55. The minimum atomic E-state index is -0.446. The smallest absolute Gasteiger partial charge is 0.343 e. The van der Waals surface area contributed by atoms with Gasteiger partial charge in [0, 0.05) is 10.8 Å². The van der Waals surface area contributed by atoms with Gasteiger partial charge in [0.05, 0.1) is 15.6 Å². The van der Waals surface area contributed by atoms with E-state index in [2.05, 4.69) is 0 Å². The van der Waals surface area contributed by atoms with Gasteiger partial charge in [0.2, 0.25) is 0 Å². The number of hydrogen-bond acceptors (Lipinski definition) is 2. The summed E-state index contributed by atoms with van der Waals surface area (Å²) < 4.78 is 5.82. The number of carbonyl (C=O) groups excluding carboxylic acids is 1. The van der Waals surface area contributed by atoms with Crippen molar-refractivity contribution in [3.63, 3.8) is 0 Å². The molecule has 26 heavy (non-hydrogen) atoms. The lowest BCUT2D eigenvalue weighted by atomic mass is 10.0. The standard InChI is InChI=1S/C22H14Cl2O2/c1-13-8-10-14(11-9-13)22(25)26-21-19-15(4-2-6-17(19)23)12-16-5-3-7-18(24)20(16)21/h2-12H,1H3. The molecule has 4 aromatic carbocycles. The molecule has 0 heterocycles. The van der Waals surface area contributed by atoms with Crippen LogP contribution in [0.15, 0.2) is 66.7 Å². The Morgan fingerprint density at radius 1 is 0.808 bits per heavy atom. The number of benzene rings is 4. The van der Waals surface area contributed by atoms with E-state index in [1.165, 1.54) is 0 Å². The Morgan fingerprint density at radius 3 is 1.88 bits per heavy atom. The second-order valence-electron chi connectivity index (χ2n) is 6.14. The molecule has 0 unspecified atom stereocenters. The minimum Gasteiger partial charge on any atom is -0.421 e. The van der Waals surface area contributed by atoms with Crippen molar-refractivity contribution in [3.8, 4) is 5.75 Å². The first-order chi connectivity index (χ1) is 12.5. The number of esters is 1. The van der Waals surface area contributed by atoms with Gasteiger partial charge in [-0.2, -0.15) is 0 Å². The van der Waals surface area contributed by atoms with Crippen molar-refractivity contribution in [2.45, 2.75) is 6.92 Å². The highest BCUT2D eigenvalue weighted by Crippen LogP contribution is 2.42. The Labute approximate surface area is 160 Å². The molecule has 0 N–H and O–H groups in total. The summed E-state index contributed by atoms with van der Waals surface area (Å²) in [6.07, 6.45) is 0. The second kappa shape index (κ2) is 6.64. The van der Waals surface area contributed by atoms with Crippen LogP contribution in [0.5, 0.6) is 5.75 Å². The lowest BCUT2D eigenvalue weighted by molar-refractivity contribution is 0.0739. The topological polar surface area (TPSA) is 26.3 Å². The van der Waals surface area contributed by atoms with Crippen LogP contribution in [0.3, 0.4) is 0 Å². The lowest BCUT2D eigenvalue weighted by Crippen LogP contribution is -2.09. The number of halogens is 2. The first-order valence-corrected chi connectivity index (χ1v) is 8.88. The van der Waals surface area contributed by atoms with E-state index in [-0.39, 0.29) is 0 Å². The number of aryl methyl sites for hydroxylation is 1. The van der Waals surface area contributed by atoms with Crippen molar-refractivity contribution in [3.05, 3.63) is 87.9 Å². The van der Waals surface area contributed by atoms with Crippen LogP contribution in [-0.4, -0.2) is 5.97 Å². The molecule has 0 amide bonds. The molecule has 0 radical (unpaired) electrons. The zero-order valence-electron chi connectivity index (χ0n) is 13.9. The second-order valence-corrected chi connectivity index (χ2v) is 6.95. The van der Waals surface area contributed by atoms with Crippen LogP contribution in [0.2, 0.25) is 10.0 Å². The predicted molar refractivity (Wildman–Crippen MR) is 108 cm³/mol. The molecule has 0 aliphatic heterocycles. The largest absolute Gasteiger partial charge is 0.421 e. The highest BCUT2D eigenvalue weighted by molar-refractivity contribution is 6.39. The number of ether oxygens (including phenoxy) is 1. The van der Waals surface area contributed by atoms with Crippen molar-refractivity contribution in [1.82, 2.24) is 0 Å². The van der Waals surface area contributed by atoms with Crippen LogP contribution < -0.4 is 4.74 Å². The van der Waals surface area contributed by atoms with E-state index in [9.17, 15) is 4.79 Å². The first kappa shape index (κ1) is 16.9. The summed E-state index contributed by atoms with van der Waals surface area (Å²) in [6, 6.07) is 20.4. The van der Waals surface area contributed by atoms with Gasteiger partial charge in [-0.3, -0.25) is 0 Å². The van der Waals surface area contributed by atoms with Crippen LogP contribution in [0, 0.1) is 6.92 Å². The van der Waals surface area contributed by atoms with Crippen molar-refractivity contribution >= 4 is 50.7 Å². The summed E-state index contributed by atoms with van der Waals surface area (Å²) >= 11 is 12.9. The molecule has 0 aromatic heterocycles. The first-order valence-electron chi connectivity index (χ1n) is 8.13. The van der Waals surface area contributed by atoms with Gasteiger partial charge in [-0.1, -0.05) is 65.2 Å². The molecule has 0 aliphatic rings. The van der Waals surface area contributed by atoms with Gasteiger partial charge >= 0.3 is 5.97 Å². The predicted octanol–water partition coefficient (Wildman–Crippen LogP) is 6.83. The summed E-state index contributed by atoms with van der Waals surface area (Å²) in [7, 11) is 0. The van der Waals surface area contributed by atoms with Gasteiger partial charge in [0.25, 0.3) is 0 Å². The van der Waals surface area contributed by atoms with E-state index >= 15 is 0 Å². The molecule has 0 aliphatic carbocycles. The molecule has 2 nitrogen and oxygen atoms in total. The SMILES string of the molecule is Cc1ccc(C(=O)Oc2c3c(Cl)cccc3cc3cccc(Cl)c23)cc1. The van der Waals surface area contributed by atoms with Crippen LogP contribution in [-0.2, 0) is 0 Å². The van der Waals surface area contributed by atoms with Gasteiger partial charge in [0.15, 0.2) is 0 Å². The van der Waals surface area contributed by atoms with Crippen LogP contribution in [0.25, 0.3) is 21.5 Å². The average Bonchev–Trinajstić information content (AvgIpc) is 2.62. The highest BCUT2D eigenvalue weighted by atomic mass is 35.5. The fourth-order valence-electron chi connectivity index (χ4n) is 3.04. The van der Waals surface area contributed by atoms with E-state index in [1.807, 2.05) is 49.4 Å². The van der Waals surface area contributed by atoms with Gasteiger partial charge in [0.1, 0.15) is 5.75 Å². The molecule has 4 aromatic rings. The maximum absolute atomic E-state index is 12.7. The third-order valence-corrected chi connectivity index (χ3v) is 4.97. The minimum absolute atomic E-state index is 0.388. The Morgan fingerprint density at radius 2 is 1.35 bits per heavy atom. The van der Waals surface area contributed by atoms with E-state index in [1.54, 1.807) is 24.3 Å². The highest BCUT2D eigenvalue weighted by Gasteiger charge is 2.18. The molecule has 4 heteroatoms. The van der Waals surface area contributed by atoms with E-state index in [0.717, 1.165) is 16.3 Å². The Kier molecular flexibility index (Phi) is 4.31. The van der Waals surface area contributed by atoms with Gasteiger partial charge in [-0.05, 0) is 48.0 Å². The molecule has 0 saturated carbocycles. The zero-order chi connectivity index (χ0) is 18.3. The van der Waals surface area contributed by atoms with Gasteiger partial charge in [-0.15, -0.1) is 0 Å². The third-order valence-electron chi connectivity index (χ3n) is 4.34. The summed E-state index contributed by atoms with van der Waals surface area (Å²) in [5.74, 6) is -0.0575. The normalized spacial score (nSPS) is 11.0. The van der Waals surface area contributed by atoms with E-state index in [4.69, 9.17) is 27.9 Å². The number of hydrogen-bond donors (Lipinski definition) is 0. The van der Waals surface area contributed by atoms with E-state index < -0.39 is 5.97 Å². The Bertz CT molecular complexity index is 1090. The van der Waals surface area contributed by atoms with Crippen LogP contribution >= 0.6 is 23.2 Å². The third kappa shape index (κ3) is 2.92. The molecular weight excluding hydrogens is 367 g/mol. The maximum Gasteiger partial charge on any atom is 0.343 e. The molecule has 0 fully saturated rings. The van der Waals surface area contributed by atoms with Crippen molar-refractivity contribution in [2.75, 3.05) is 0 Å².